The lowest BCUT2D eigenvalue weighted by molar-refractivity contribution is 0.525. The zero-order valence-electron chi connectivity index (χ0n) is 13.4. The highest BCUT2D eigenvalue weighted by molar-refractivity contribution is 7.97. The van der Waals surface area contributed by atoms with Gasteiger partial charge in [0.1, 0.15) is 0 Å². The van der Waals surface area contributed by atoms with Crippen LogP contribution in [-0.4, -0.2) is 32.0 Å². The van der Waals surface area contributed by atoms with Gasteiger partial charge in [0.2, 0.25) is 5.95 Å². The van der Waals surface area contributed by atoms with E-state index in [2.05, 4.69) is 58.1 Å². The monoisotopic (exact) mass is 327 g/mol. The van der Waals surface area contributed by atoms with E-state index >= 15 is 0 Å². The van der Waals surface area contributed by atoms with E-state index in [1.807, 2.05) is 28.7 Å². The molecule has 0 bridgehead atoms. The molecule has 0 aliphatic rings. The zero-order chi connectivity index (χ0) is 16.1. The van der Waals surface area contributed by atoms with E-state index in [4.69, 9.17) is 0 Å². The standard InChI is InChI=1S/C17H21N5S/c1-3-21(4-2)23-15-10-11-16-19-20-17(22(16)13-15)18-12-14-8-6-5-7-9-14/h5-11,13H,3-4,12H2,1-2H3,(H,18,20). The van der Waals surface area contributed by atoms with Crippen LogP contribution < -0.4 is 5.32 Å². The fourth-order valence-corrected chi connectivity index (χ4v) is 3.16. The molecule has 0 atom stereocenters. The van der Waals surface area contributed by atoms with E-state index in [0.717, 1.165) is 31.2 Å². The van der Waals surface area contributed by atoms with Crippen molar-refractivity contribution in [3.8, 4) is 0 Å². The minimum absolute atomic E-state index is 0.731. The molecule has 0 radical (unpaired) electrons. The van der Waals surface area contributed by atoms with Crippen LogP contribution in [0.5, 0.6) is 0 Å². The summed E-state index contributed by atoms with van der Waals surface area (Å²) < 4.78 is 4.32. The zero-order valence-corrected chi connectivity index (χ0v) is 14.3. The van der Waals surface area contributed by atoms with Crippen LogP contribution in [0.4, 0.5) is 5.95 Å². The Morgan fingerprint density at radius 2 is 1.83 bits per heavy atom. The quantitative estimate of drug-likeness (QED) is 0.671. The molecule has 0 fully saturated rings. The third-order valence-electron chi connectivity index (χ3n) is 3.61. The molecule has 3 aromatic rings. The predicted octanol–water partition coefficient (Wildman–Crippen LogP) is 3.69. The van der Waals surface area contributed by atoms with Crippen molar-refractivity contribution in [2.75, 3.05) is 18.4 Å². The number of pyridine rings is 1. The van der Waals surface area contributed by atoms with Gasteiger partial charge in [-0.3, -0.25) is 4.40 Å². The molecule has 120 valence electrons. The van der Waals surface area contributed by atoms with Crippen molar-refractivity contribution in [2.24, 2.45) is 0 Å². The van der Waals surface area contributed by atoms with Gasteiger partial charge in [0.25, 0.3) is 0 Å². The van der Waals surface area contributed by atoms with Crippen LogP contribution in [0.15, 0.2) is 53.6 Å². The maximum Gasteiger partial charge on any atom is 0.229 e. The average Bonchev–Trinajstić information content (AvgIpc) is 3.01. The molecule has 1 N–H and O–H groups in total. The normalized spacial score (nSPS) is 11.3. The number of hydrogen-bond donors (Lipinski definition) is 1. The fraction of sp³-hybridized carbons (Fsp3) is 0.294. The second kappa shape index (κ2) is 7.48. The Morgan fingerprint density at radius 3 is 2.57 bits per heavy atom. The number of aromatic nitrogens is 3. The first-order chi connectivity index (χ1) is 11.3. The summed E-state index contributed by atoms with van der Waals surface area (Å²) in [4.78, 5) is 1.18. The van der Waals surface area contributed by atoms with Gasteiger partial charge in [-0.25, -0.2) is 4.31 Å². The molecule has 0 unspecified atom stereocenters. The number of anilines is 1. The van der Waals surface area contributed by atoms with E-state index in [1.165, 1.54) is 10.5 Å². The molecule has 5 nitrogen and oxygen atoms in total. The summed E-state index contributed by atoms with van der Waals surface area (Å²) >= 11 is 1.76. The van der Waals surface area contributed by atoms with Crippen LogP contribution in [0.3, 0.4) is 0 Å². The number of nitrogens with one attached hydrogen (secondary N) is 1. The van der Waals surface area contributed by atoms with Crippen LogP contribution in [0, 0.1) is 0 Å². The minimum atomic E-state index is 0.731. The molecule has 0 spiro atoms. The summed E-state index contributed by atoms with van der Waals surface area (Å²) in [7, 11) is 0. The SMILES string of the molecule is CCN(CC)Sc1ccc2nnc(NCc3ccccc3)n2c1. The lowest BCUT2D eigenvalue weighted by atomic mass is 10.2. The number of hydrogen-bond acceptors (Lipinski definition) is 5. The predicted molar refractivity (Wildman–Crippen MR) is 95.5 cm³/mol. The lowest BCUT2D eigenvalue weighted by Gasteiger charge is -2.16. The fourth-order valence-electron chi connectivity index (χ4n) is 2.32. The maximum atomic E-state index is 4.25. The first kappa shape index (κ1) is 15.8. The molecule has 2 aromatic heterocycles. The van der Waals surface area contributed by atoms with E-state index in [1.54, 1.807) is 11.9 Å². The van der Waals surface area contributed by atoms with Crippen LogP contribution in [0.25, 0.3) is 5.65 Å². The Hall–Kier alpha value is -2.05. The van der Waals surface area contributed by atoms with Crippen molar-refractivity contribution in [1.29, 1.82) is 0 Å². The number of fused-ring (bicyclic) bond motifs is 1. The van der Waals surface area contributed by atoms with Gasteiger partial charge < -0.3 is 5.32 Å². The van der Waals surface area contributed by atoms with E-state index < -0.39 is 0 Å². The second-order valence-electron chi connectivity index (χ2n) is 5.16. The second-order valence-corrected chi connectivity index (χ2v) is 6.33. The van der Waals surface area contributed by atoms with Crippen LogP contribution in [-0.2, 0) is 6.54 Å². The van der Waals surface area contributed by atoms with Gasteiger partial charge in [-0.1, -0.05) is 44.2 Å². The molecule has 2 heterocycles. The molecule has 23 heavy (non-hydrogen) atoms. The van der Waals surface area contributed by atoms with E-state index in [9.17, 15) is 0 Å². The molecular formula is C17H21N5S. The Labute approximate surface area is 140 Å². The van der Waals surface area contributed by atoms with Crippen molar-refractivity contribution < 1.29 is 0 Å². The summed E-state index contributed by atoms with van der Waals surface area (Å²) in [6, 6.07) is 14.4. The van der Waals surface area contributed by atoms with Gasteiger partial charge in [-0.05, 0) is 29.6 Å². The smallest absolute Gasteiger partial charge is 0.229 e. The van der Waals surface area contributed by atoms with Crippen LogP contribution in [0.2, 0.25) is 0 Å². The Balaban J connectivity index is 1.78. The highest BCUT2D eigenvalue weighted by atomic mass is 32.2. The minimum Gasteiger partial charge on any atom is -0.350 e. The van der Waals surface area contributed by atoms with Gasteiger partial charge >= 0.3 is 0 Å². The molecule has 3 rings (SSSR count). The highest BCUT2D eigenvalue weighted by Gasteiger charge is 2.08. The summed E-state index contributed by atoms with van der Waals surface area (Å²) in [6.45, 7) is 7.09. The molecule has 0 amide bonds. The van der Waals surface area contributed by atoms with Gasteiger partial charge in [-0.2, -0.15) is 0 Å². The molecule has 6 heteroatoms. The molecule has 1 aromatic carbocycles. The average molecular weight is 327 g/mol. The third-order valence-corrected chi connectivity index (χ3v) is 4.84. The van der Waals surface area contributed by atoms with Gasteiger partial charge in [-0.15, -0.1) is 10.2 Å². The number of rotatable bonds is 7. The van der Waals surface area contributed by atoms with Crippen molar-refractivity contribution in [3.05, 3.63) is 54.2 Å². The Bertz CT molecular complexity index is 752. The largest absolute Gasteiger partial charge is 0.350 e. The summed E-state index contributed by atoms with van der Waals surface area (Å²) in [5.41, 5.74) is 2.07. The first-order valence-corrected chi connectivity index (χ1v) is 8.63. The van der Waals surface area contributed by atoms with Crippen molar-refractivity contribution in [1.82, 2.24) is 18.9 Å². The Kier molecular flexibility index (Phi) is 5.15. The number of nitrogens with zero attached hydrogens (tertiary/aromatic N) is 4. The molecule has 0 aliphatic carbocycles. The van der Waals surface area contributed by atoms with Gasteiger partial charge in [0.05, 0.1) is 0 Å². The van der Waals surface area contributed by atoms with Gasteiger partial charge in [0.15, 0.2) is 5.65 Å². The molecular weight excluding hydrogens is 306 g/mol. The number of benzene rings is 1. The first-order valence-electron chi connectivity index (χ1n) is 7.85. The summed E-state index contributed by atoms with van der Waals surface area (Å²) in [6.07, 6.45) is 2.09. The molecule has 0 saturated carbocycles. The lowest BCUT2D eigenvalue weighted by Crippen LogP contribution is -2.13. The van der Waals surface area contributed by atoms with Crippen molar-refractivity contribution in [3.63, 3.8) is 0 Å². The van der Waals surface area contributed by atoms with Crippen molar-refractivity contribution in [2.45, 2.75) is 25.3 Å². The van der Waals surface area contributed by atoms with Crippen LogP contribution >= 0.6 is 11.9 Å². The van der Waals surface area contributed by atoms with E-state index in [-0.39, 0.29) is 0 Å². The van der Waals surface area contributed by atoms with Crippen LogP contribution in [0.1, 0.15) is 19.4 Å². The topological polar surface area (TPSA) is 45.5 Å². The highest BCUT2D eigenvalue weighted by Crippen LogP contribution is 2.23. The van der Waals surface area contributed by atoms with Crippen molar-refractivity contribution >= 4 is 23.5 Å². The third kappa shape index (κ3) is 3.83. The summed E-state index contributed by atoms with van der Waals surface area (Å²) in [5.74, 6) is 0.769. The van der Waals surface area contributed by atoms with E-state index in [0.29, 0.717) is 0 Å². The summed E-state index contributed by atoms with van der Waals surface area (Å²) in [5, 5.41) is 11.8. The Morgan fingerprint density at radius 1 is 1.04 bits per heavy atom. The maximum absolute atomic E-state index is 4.25. The molecule has 0 saturated heterocycles. The molecule has 0 aliphatic heterocycles. The van der Waals surface area contributed by atoms with Gasteiger partial charge in [0, 0.05) is 30.7 Å².